The summed E-state index contributed by atoms with van der Waals surface area (Å²) in [6.07, 6.45) is -0.148. The van der Waals surface area contributed by atoms with Crippen LogP contribution in [0.1, 0.15) is 32.0 Å². The Morgan fingerprint density at radius 2 is 1.69 bits per heavy atom. The first-order valence-electron chi connectivity index (χ1n) is 9.26. The fourth-order valence-corrected chi connectivity index (χ4v) is 2.89. The molecule has 0 aliphatic carbocycles. The van der Waals surface area contributed by atoms with E-state index >= 15 is 0 Å². The molecule has 1 heterocycles. The Bertz CT molecular complexity index is 1100. The summed E-state index contributed by atoms with van der Waals surface area (Å²) in [5, 5.41) is 10.0. The summed E-state index contributed by atoms with van der Waals surface area (Å²) >= 11 is 0. The first-order valence-corrected chi connectivity index (χ1v) is 9.26. The van der Waals surface area contributed by atoms with Gasteiger partial charge in [-0.2, -0.15) is 5.10 Å². The number of H-pyrrole nitrogens is 1. The average Bonchev–Trinajstić information content (AvgIpc) is 2.68. The SMILES string of the molecule is CC(C)(C)c1ccc(NC(=O)COC(=O)Cc2n[nH]c(=O)c3ccccc23)cc1. The van der Waals surface area contributed by atoms with E-state index in [0.29, 0.717) is 22.2 Å². The fraction of sp³-hybridized carbons (Fsp3) is 0.273. The van der Waals surface area contributed by atoms with Gasteiger partial charge in [0.05, 0.1) is 17.5 Å². The van der Waals surface area contributed by atoms with Crippen LogP contribution in [0, 0.1) is 0 Å². The third-order valence-corrected chi connectivity index (χ3v) is 4.49. The lowest BCUT2D eigenvalue weighted by Gasteiger charge is -2.19. The number of nitrogens with zero attached hydrogens (tertiary/aromatic N) is 1. The van der Waals surface area contributed by atoms with E-state index in [2.05, 4.69) is 36.3 Å². The molecule has 0 saturated carbocycles. The quantitative estimate of drug-likeness (QED) is 0.649. The molecule has 0 unspecified atom stereocenters. The Morgan fingerprint density at radius 1 is 1.03 bits per heavy atom. The van der Waals surface area contributed by atoms with Crippen LogP contribution in [0.2, 0.25) is 0 Å². The molecular weight excluding hydrogens is 370 g/mol. The molecule has 7 nitrogen and oxygen atoms in total. The molecule has 2 aromatic carbocycles. The van der Waals surface area contributed by atoms with Gasteiger partial charge in [-0.1, -0.05) is 51.1 Å². The summed E-state index contributed by atoms with van der Waals surface area (Å²) in [7, 11) is 0. The van der Waals surface area contributed by atoms with Gasteiger partial charge >= 0.3 is 5.97 Å². The number of amides is 1. The molecule has 150 valence electrons. The maximum Gasteiger partial charge on any atom is 0.312 e. The summed E-state index contributed by atoms with van der Waals surface area (Å²) < 4.78 is 5.05. The predicted molar refractivity (Wildman–Crippen MR) is 111 cm³/mol. The number of carbonyl (C=O) groups is 2. The second-order valence-electron chi connectivity index (χ2n) is 7.76. The van der Waals surface area contributed by atoms with Gasteiger partial charge in [-0.15, -0.1) is 0 Å². The van der Waals surface area contributed by atoms with Crippen LogP contribution in [0.25, 0.3) is 10.8 Å². The largest absolute Gasteiger partial charge is 0.455 e. The number of fused-ring (bicyclic) bond motifs is 1. The lowest BCUT2D eigenvalue weighted by molar-refractivity contribution is -0.146. The molecule has 0 fully saturated rings. The number of aromatic nitrogens is 2. The predicted octanol–water partition coefficient (Wildman–Crippen LogP) is 2.95. The maximum absolute atomic E-state index is 12.1. The minimum Gasteiger partial charge on any atom is -0.455 e. The van der Waals surface area contributed by atoms with Gasteiger partial charge in [-0.3, -0.25) is 14.4 Å². The summed E-state index contributed by atoms with van der Waals surface area (Å²) in [6, 6.07) is 14.4. The minimum atomic E-state index is -0.604. The van der Waals surface area contributed by atoms with Crippen molar-refractivity contribution in [2.24, 2.45) is 0 Å². The van der Waals surface area contributed by atoms with Crippen molar-refractivity contribution in [3.63, 3.8) is 0 Å². The molecule has 2 N–H and O–H groups in total. The highest BCUT2D eigenvalue weighted by atomic mass is 16.5. The maximum atomic E-state index is 12.1. The van der Waals surface area contributed by atoms with Crippen molar-refractivity contribution in [1.82, 2.24) is 10.2 Å². The number of ether oxygens (including phenoxy) is 1. The van der Waals surface area contributed by atoms with Gasteiger partial charge in [0.1, 0.15) is 0 Å². The number of hydrogen-bond acceptors (Lipinski definition) is 5. The molecule has 0 aliphatic heterocycles. The minimum absolute atomic E-state index is 0.0258. The number of rotatable bonds is 5. The first kappa shape index (κ1) is 20.3. The number of carbonyl (C=O) groups excluding carboxylic acids is 2. The van der Waals surface area contributed by atoms with Crippen LogP contribution in [-0.4, -0.2) is 28.7 Å². The summed E-state index contributed by atoms with van der Waals surface area (Å²) in [5.41, 5.74) is 1.88. The molecule has 3 aromatic rings. The van der Waals surface area contributed by atoms with Gasteiger partial charge in [0.15, 0.2) is 6.61 Å². The van der Waals surface area contributed by atoms with E-state index in [1.54, 1.807) is 24.3 Å². The van der Waals surface area contributed by atoms with Crippen LogP contribution in [0.4, 0.5) is 5.69 Å². The highest BCUT2D eigenvalue weighted by Crippen LogP contribution is 2.23. The highest BCUT2D eigenvalue weighted by molar-refractivity contribution is 5.93. The molecule has 1 amide bonds. The highest BCUT2D eigenvalue weighted by Gasteiger charge is 2.15. The van der Waals surface area contributed by atoms with E-state index in [0.717, 1.165) is 5.56 Å². The van der Waals surface area contributed by atoms with E-state index in [-0.39, 0.29) is 17.4 Å². The third kappa shape index (κ3) is 5.07. The zero-order chi connectivity index (χ0) is 21.0. The van der Waals surface area contributed by atoms with Crippen molar-refractivity contribution in [3.8, 4) is 0 Å². The second kappa shape index (κ2) is 8.26. The van der Waals surface area contributed by atoms with Crippen molar-refractivity contribution in [2.75, 3.05) is 11.9 Å². The van der Waals surface area contributed by atoms with E-state index < -0.39 is 18.5 Å². The lowest BCUT2D eigenvalue weighted by atomic mass is 9.87. The van der Waals surface area contributed by atoms with Gasteiger partial charge in [-0.25, -0.2) is 5.10 Å². The molecule has 0 spiro atoms. The van der Waals surface area contributed by atoms with Crippen molar-refractivity contribution in [2.45, 2.75) is 32.6 Å². The van der Waals surface area contributed by atoms with Crippen molar-refractivity contribution < 1.29 is 14.3 Å². The van der Waals surface area contributed by atoms with Gasteiger partial charge in [-0.05, 0) is 29.2 Å². The van der Waals surface area contributed by atoms with Crippen LogP contribution in [-0.2, 0) is 26.2 Å². The van der Waals surface area contributed by atoms with Crippen LogP contribution < -0.4 is 10.9 Å². The Hall–Kier alpha value is -3.48. The topological polar surface area (TPSA) is 101 Å². The van der Waals surface area contributed by atoms with E-state index in [1.165, 1.54) is 0 Å². The Labute approximate surface area is 168 Å². The number of aromatic amines is 1. The molecule has 0 atom stereocenters. The molecule has 29 heavy (non-hydrogen) atoms. The number of esters is 1. The number of benzene rings is 2. The molecular formula is C22H23N3O4. The average molecular weight is 393 g/mol. The smallest absolute Gasteiger partial charge is 0.312 e. The molecule has 0 aliphatic rings. The van der Waals surface area contributed by atoms with Gasteiger partial charge in [0, 0.05) is 11.1 Å². The standard InChI is InChI=1S/C22H23N3O4/c1-22(2,3)14-8-10-15(11-9-14)23-19(26)13-29-20(27)12-18-16-6-4-5-7-17(16)21(28)25-24-18/h4-11H,12-13H2,1-3H3,(H,23,26)(H,25,28). The van der Waals surface area contributed by atoms with E-state index in [1.807, 2.05) is 24.3 Å². The molecule has 0 bridgehead atoms. The zero-order valence-corrected chi connectivity index (χ0v) is 16.6. The fourth-order valence-electron chi connectivity index (χ4n) is 2.89. The van der Waals surface area contributed by atoms with E-state index in [9.17, 15) is 14.4 Å². The van der Waals surface area contributed by atoms with Gasteiger partial charge in [0.25, 0.3) is 11.5 Å². The zero-order valence-electron chi connectivity index (χ0n) is 16.6. The van der Waals surface area contributed by atoms with Crippen molar-refractivity contribution >= 4 is 28.3 Å². The summed E-state index contributed by atoms with van der Waals surface area (Å²) in [6.45, 7) is 5.93. The van der Waals surface area contributed by atoms with Crippen LogP contribution in [0.15, 0.2) is 53.3 Å². The third-order valence-electron chi connectivity index (χ3n) is 4.49. The molecule has 7 heteroatoms. The van der Waals surface area contributed by atoms with Crippen LogP contribution in [0.3, 0.4) is 0 Å². The monoisotopic (exact) mass is 393 g/mol. The normalized spacial score (nSPS) is 11.3. The summed E-state index contributed by atoms with van der Waals surface area (Å²) in [5.74, 6) is -1.03. The van der Waals surface area contributed by atoms with Gasteiger partial charge in [0.2, 0.25) is 0 Å². The van der Waals surface area contributed by atoms with Crippen LogP contribution >= 0.6 is 0 Å². The molecule has 3 rings (SSSR count). The Morgan fingerprint density at radius 3 is 2.34 bits per heavy atom. The first-order chi connectivity index (χ1) is 13.7. The lowest BCUT2D eigenvalue weighted by Crippen LogP contribution is -2.22. The number of anilines is 1. The number of nitrogens with one attached hydrogen (secondary N) is 2. The Kier molecular flexibility index (Phi) is 5.77. The second-order valence-corrected chi connectivity index (χ2v) is 7.76. The molecule has 1 aromatic heterocycles. The van der Waals surface area contributed by atoms with Gasteiger partial charge < -0.3 is 10.1 Å². The summed E-state index contributed by atoms with van der Waals surface area (Å²) in [4.78, 5) is 36.0. The Balaban J connectivity index is 1.56. The molecule has 0 radical (unpaired) electrons. The van der Waals surface area contributed by atoms with Crippen LogP contribution in [0.5, 0.6) is 0 Å². The van der Waals surface area contributed by atoms with E-state index in [4.69, 9.17) is 4.74 Å². The van der Waals surface area contributed by atoms with Crippen molar-refractivity contribution in [1.29, 1.82) is 0 Å². The number of hydrogen-bond donors (Lipinski definition) is 2. The van der Waals surface area contributed by atoms with Crippen molar-refractivity contribution in [3.05, 3.63) is 70.1 Å². The molecule has 0 saturated heterocycles.